The molecule has 0 aliphatic heterocycles. The van der Waals surface area contributed by atoms with Crippen LogP contribution in [0.4, 0.5) is 4.79 Å². The van der Waals surface area contributed by atoms with E-state index in [0.717, 1.165) is 19.3 Å². The molecule has 35 heavy (non-hydrogen) atoms. The summed E-state index contributed by atoms with van der Waals surface area (Å²) in [6.45, 7) is 1.24. The van der Waals surface area contributed by atoms with E-state index in [1.807, 2.05) is 24.3 Å². The van der Waals surface area contributed by atoms with Crippen LogP contribution in [0.1, 0.15) is 55.6 Å². The zero-order chi connectivity index (χ0) is 24.8. The van der Waals surface area contributed by atoms with Gasteiger partial charge in [-0.2, -0.15) is 0 Å². The summed E-state index contributed by atoms with van der Waals surface area (Å²) < 4.78 is 5.63. The summed E-state index contributed by atoms with van der Waals surface area (Å²) in [6, 6.07) is 16.5. The molecule has 0 heterocycles. The number of hydrogen-bond donors (Lipinski definition) is 2. The molecule has 0 spiro atoms. The van der Waals surface area contributed by atoms with Crippen molar-refractivity contribution in [2.45, 2.75) is 44.4 Å². The van der Waals surface area contributed by atoms with Crippen LogP contribution < -0.4 is 5.32 Å². The van der Waals surface area contributed by atoms with Gasteiger partial charge in [0.25, 0.3) is 0 Å². The normalized spacial score (nSPS) is 18.5. The van der Waals surface area contributed by atoms with E-state index in [0.29, 0.717) is 25.9 Å². The molecule has 0 unspecified atom stereocenters. The lowest BCUT2D eigenvalue weighted by molar-refractivity contribution is -0.137. The van der Waals surface area contributed by atoms with E-state index in [1.165, 1.54) is 22.3 Å². The number of hydrogen-bond acceptors (Lipinski definition) is 4. The number of fused-ring (bicyclic) bond motifs is 3. The number of rotatable bonds is 10. The van der Waals surface area contributed by atoms with E-state index in [2.05, 4.69) is 29.6 Å². The molecule has 2 aromatic rings. The third-order valence-electron chi connectivity index (χ3n) is 7.34. The second kappa shape index (κ2) is 11.4. The Morgan fingerprint density at radius 1 is 1.00 bits per heavy atom. The average molecular weight is 479 g/mol. The van der Waals surface area contributed by atoms with Crippen LogP contribution in [-0.4, -0.2) is 54.7 Å². The summed E-state index contributed by atoms with van der Waals surface area (Å²) in [6.07, 6.45) is 3.57. The van der Waals surface area contributed by atoms with Crippen LogP contribution >= 0.6 is 0 Å². The Hall–Kier alpha value is -3.35. The fourth-order valence-corrected chi connectivity index (χ4v) is 5.49. The number of nitrogens with zero attached hydrogens (tertiary/aromatic N) is 1. The highest BCUT2D eigenvalue weighted by Crippen LogP contribution is 2.44. The minimum absolute atomic E-state index is 0.0173. The molecule has 186 valence electrons. The number of ether oxygens (including phenoxy) is 1. The van der Waals surface area contributed by atoms with Crippen molar-refractivity contribution < 1.29 is 24.2 Å². The molecule has 7 nitrogen and oxygen atoms in total. The predicted molar refractivity (Wildman–Crippen MR) is 133 cm³/mol. The Labute approximate surface area is 206 Å². The Balaban J connectivity index is 1.26. The first kappa shape index (κ1) is 24.8. The molecule has 2 aliphatic carbocycles. The fraction of sp³-hybridized carbons (Fsp3) is 0.464. The van der Waals surface area contributed by atoms with Crippen LogP contribution in [-0.2, 0) is 14.3 Å². The van der Waals surface area contributed by atoms with Gasteiger partial charge in [0.15, 0.2) is 0 Å². The van der Waals surface area contributed by atoms with Crippen molar-refractivity contribution >= 4 is 18.0 Å². The number of unbranched alkanes of at least 4 members (excludes halogenated alkanes) is 1. The minimum atomic E-state index is -0.811. The largest absolute Gasteiger partial charge is 0.481 e. The topological polar surface area (TPSA) is 95.9 Å². The molecule has 0 bridgehead atoms. The van der Waals surface area contributed by atoms with E-state index in [9.17, 15) is 14.4 Å². The van der Waals surface area contributed by atoms with Crippen LogP contribution in [0.3, 0.4) is 0 Å². The van der Waals surface area contributed by atoms with Gasteiger partial charge < -0.3 is 20.1 Å². The molecule has 2 aromatic carbocycles. The molecule has 0 radical (unpaired) electrons. The summed E-state index contributed by atoms with van der Waals surface area (Å²) >= 11 is 0. The van der Waals surface area contributed by atoms with Crippen molar-refractivity contribution in [3.8, 4) is 11.1 Å². The molecule has 4 rings (SSSR count). The number of nitrogens with one attached hydrogen (secondary N) is 1. The van der Waals surface area contributed by atoms with Crippen molar-refractivity contribution in [3.05, 3.63) is 59.7 Å². The summed E-state index contributed by atoms with van der Waals surface area (Å²) in [5.74, 6) is -0.743. The Morgan fingerprint density at radius 2 is 1.66 bits per heavy atom. The molecule has 2 N–H and O–H groups in total. The van der Waals surface area contributed by atoms with E-state index in [4.69, 9.17) is 9.84 Å². The number of carboxylic acids is 1. The number of aliphatic carboxylic acids is 1. The Kier molecular flexibility index (Phi) is 8.06. The van der Waals surface area contributed by atoms with E-state index in [1.54, 1.807) is 11.9 Å². The molecular formula is C28H34N2O5. The lowest BCUT2D eigenvalue weighted by atomic mass is 9.94. The minimum Gasteiger partial charge on any atom is -0.481 e. The number of amides is 2. The number of carboxylic acid groups (broad SMARTS) is 1. The standard InChI is InChI=1S/C28H34N2O5/c1-30(16-7-6-15-26(31)32)27(33)20-14-8-9-19(20)17-29-28(34)35-18-25-23-12-4-2-10-21(23)22-11-3-5-13-24(22)25/h2-5,10-13,19-20,25H,6-9,14-18H2,1H3,(H,29,34)(H,31,32)/t19-,20-/m0/s1. The second-order valence-corrected chi connectivity index (χ2v) is 9.61. The van der Waals surface area contributed by atoms with Crippen molar-refractivity contribution in [1.29, 1.82) is 0 Å². The third kappa shape index (κ3) is 5.84. The van der Waals surface area contributed by atoms with Crippen LogP contribution in [0.5, 0.6) is 0 Å². The van der Waals surface area contributed by atoms with Crippen LogP contribution in [0, 0.1) is 11.8 Å². The lowest BCUT2D eigenvalue weighted by Crippen LogP contribution is -2.39. The van der Waals surface area contributed by atoms with Crippen LogP contribution in [0.2, 0.25) is 0 Å². The smallest absolute Gasteiger partial charge is 0.407 e. The lowest BCUT2D eigenvalue weighted by Gasteiger charge is -2.25. The van der Waals surface area contributed by atoms with Gasteiger partial charge in [-0.25, -0.2) is 4.79 Å². The van der Waals surface area contributed by atoms with Gasteiger partial charge >= 0.3 is 12.1 Å². The highest BCUT2D eigenvalue weighted by atomic mass is 16.5. The van der Waals surface area contributed by atoms with Crippen molar-refractivity contribution in [2.75, 3.05) is 26.7 Å². The number of carbonyl (C=O) groups excluding carboxylic acids is 2. The summed E-state index contributed by atoms with van der Waals surface area (Å²) in [5, 5.41) is 11.6. The van der Waals surface area contributed by atoms with Crippen molar-refractivity contribution in [2.24, 2.45) is 11.8 Å². The second-order valence-electron chi connectivity index (χ2n) is 9.61. The van der Waals surface area contributed by atoms with Crippen molar-refractivity contribution in [3.63, 3.8) is 0 Å². The van der Waals surface area contributed by atoms with Gasteiger partial charge in [-0.1, -0.05) is 55.0 Å². The van der Waals surface area contributed by atoms with Gasteiger partial charge in [0.1, 0.15) is 6.61 Å². The first-order chi connectivity index (χ1) is 17.0. The van der Waals surface area contributed by atoms with Gasteiger partial charge in [-0.3, -0.25) is 9.59 Å². The third-order valence-corrected chi connectivity index (χ3v) is 7.34. The first-order valence-corrected chi connectivity index (χ1v) is 12.5. The van der Waals surface area contributed by atoms with Gasteiger partial charge in [-0.15, -0.1) is 0 Å². The summed E-state index contributed by atoms with van der Waals surface area (Å²) in [7, 11) is 1.78. The van der Waals surface area contributed by atoms with Gasteiger partial charge in [0.05, 0.1) is 0 Å². The molecule has 2 aliphatic rings. The molecule has 0 saturated heterocycles. The van der Waals surface area contributed by atoms with Crippen LogP contribution in [0.25, 0.3) is 11.1 Å². The molecule has 0 aromatic heterocycles. The van der Waals surface area contributed by atoms with Gasteiger partial charge in [0, 0.05) is 38.4 Å². The number of carbonyl (C=O) groups is 3. The Morgan fingerprint density at radius 3 is 2.31 bits per heavy atom. The molecule has 1 saturated carbocycles. The molecule has 2 amide bonds. The maximum Gasteiger partial charge on any atom is 0.407 e. The number of alkyl carbamates (subject to hydrolysis) is 1. The SMILES string of the molecule is CN(CCCCC(=O)O)C(=O)[C@H]1CCC[C@H]1CNC(=O)OCC1c2ccccc2-c2ccccc21. The van der Waals surface area contributed by atoms with E-state index >= 15 is 0 Å². The van der Waals surface area contributed by atoms with E-state index in [-0.39, 0.29) is 36.7 Å². The summed E-state index contributed by atoms with van der Waals surface area (Å²) in [5.41, 5.74) is 4.73. The molecule has 7 heteroatoms. The first-order valence-electron chi connectivity index (χ1n) is 12.5. The van der Waals surface area contributed by atoms with Gasteiger partial charge in [-0.05, 0) is 53.9 Å². The highest BCUT2D eigenvalue weighted by Gasteiger charge is 2.35. The van der Waals surface area contributed by atoms with Crippen LogP contribution in [0.15, 0.2) is 48.5 Å². The zero-order valence-corrected chi connectivity index (χ0v) is 20.2. The molecular weight excluding hydrogens is 444 g/mol. The quantitative estimate of drug-likeness (QED) is 0.485. The molecule has 1 fully saturated rings. The molecule has 2 atom stereocenters. The average Bonchev–Trinajstić information content (AvgIpc) is 3.46. The predicted octanol–water partition coefficient (Wildman–Crippen LogP) is 4.65. The monoisotopic (exact) mass is 478 g/mol. The summed E-state index contributed by atoms with van der Waals surface area (Å²) in [4.78, 5) is 37.8. The van der Waals surface area contributed by atoms with E-state index < -0.39 is 12.1 Å². The Bertz CT molecular complexity index is 1020. The van der Waals surface area contributed by atoms with Gasteiger partial charge in [0.2, 0.25) is 5.91 Å². The fourth-order valence-electron chi connectivity index (χ4n) is 5.49. The maximum atomic E-state index is 12.9. The van der Waals surface area contributed by atoms with Crippen molar-refractivity contribution in [1.82, 2.24) is 10.2 Å². The highest BCUT2D eigenvalue weighted by molar-refractivity contribution is 5.80. The maximum absolute atomic E-state index is 12.9. The zero-order valence-electron chi connectivity index (χ0n) is 20.2. The number of benzene rings is 2.